The fourth-order valence-electron chi connectivity index (χ4n) is 3.95. The van der Waals surface area contributed by atoms with Crippen molar-refractivity contribution in [1.29, 1.82) is 0 Å². The van der Waals surface area contributed by atoms with E-state index in [4.69, 9.17) is 26.2 Å². The Bertz CT molecular complexity index is 1030. The van der Waals surface area contributed by atoms with Crippen LogP contribution in [0.1, 0.15) is 19.3 Å². The molecule has 2 heterocycles. The molecule has 3 N–H and O–H groups in total. The molecule has 1 saturated heterocycles. The molecule has 0 bridgehead atoms. The molecule has 2 aliphatic rings. The first-order valence-corrected chi connectivity index (χ1v) is 11.6. The Morgan fingerprint density at radius 3 is 2.83 bits per heavy atom. The molecule has 1 spiro atoms. The predicted molar refractivity (Wildman–Crippen MR) is 114 cm³/mol. The molecule has 30 heavy (non-hydrogen) atoms. The number of hydrogen-bond donors (Lipinski definition) is 2. The van der Waals surface area contributed by atoms with Crippen LogP contribution in [-0.4, -0.2) is 56.9 Å². The van der Waals surface area contributed by atoms with Gasteiger partial charge in [-0.05, 0) is 31.4 Å². The quantitative estimate of drug-likeness (QED) is 0.683. The summed E-state index contributed by atoms with van der Waals surface area (Å²) in [7, 11) is -2.25. The Labute approximate surface area is 180 Å². The minimum atomic E-state index is -3.90. The molecule has 1 aliphatic carbocycles. The van der Waals surface area contributed by atoms with E-state index < -0.39 is 10.0 Å². The summed E-state index contributed by atoms with van der Waals surface area (Å²) in [6.07, 6.45) is 4.51. The van der Waals surface area contributed by atoms with Crippen molar-refractivity contribution < 1.29 is 17.9 Å². The first-order chi connectivity index (χ1) is 14.3. The number of para-hydroxylation sites is 1. The van der Waals surface area contributed by atoms with E-state index in [0.29, 0.717) is 36.2 Å². The number of rotatable bonds is 6. The van der Waals surface area contributed by atoms with Gasteiger partial charge in [0.25, 0.3) is 0 Å². The summed E-state index contributed by atoms with van der Waals surface area (Å²) in [5.41, 5.74) is 0.0896. The molecule has 0 amide bonds. The third-order valence-electron chi connectivity index (χ3n) is 5.40. The van der Waals surface area contributed by atoms with Crippen molar-refractivity contribution in [3.05, 3.63) is 35.5 Å². The largest absolute Gasteiger partial charge is 0.382 e. The van der Waals surface area contributed by atoms with Crippen LogP contribution in [0.25, 0.3) is 0 Å². The predicted octanol–water partition coefficient (Wildman–Crippen LogP) is 2.30. The first-order valence-electron chi connectivity index (χ1n) is 9.63. The zero-order valence-electron chi connectivity index (χ0n) is 16.5. The number of hydrogen-bond acceptors (Lipinski definition) is 8. The van der Waals surface area contributed by atoms with Gasteiger partial charge < -0.3 is 19.7 Å². The molecule has 1 aliphatic heterocycles. The zero-order valence-corrected chi connectivity index (χ0v) is 18.1. The molecular formula is C19H24ClN5O4S. The molecule has 162 valence electrons. The monoisotopic (exact) mass is 453 g/mol. The van der Waals surface area contributed by atoms with E-state index in [1.54, 1.807) is 25.3 Å². The average molecular weight is 454 g/mol. The highest BCUT2D eigenvalue weighted by Gasteiger charge is 2.46. The van der Waals surface area contributed by atoms with Gasteiger partial charge in [0.15, 0.2) is 5.82 Å². The number of primary sulfonamides is 1. The van der Waals surface area contributed by atoms with Crippen LogP contribution in [0.4, 0.5) is 17.5 Å². The van der Waals surface area contributed by atoms with Crippen molar-refractivity contribution in [2.75, 3.05) is 37.0 Å². The third-order valence-corrected chi connectivity index (χ3v) is 6.64. The number of methoxy groups -OCH3 is 1. The number of aromatic nitrogens is 2. The lowest BCUT2D eigenvalue weighted by Crippen LogP contribution is -2.60. The van der Waals surface area contributed by atoms with E-state index in [-0.39, 0.29) is 22.5 Å². The van der Waals surface area contributed by atoms with Gasteiger partial charge in [-0.3, -0.25) is 0 Å². The van der Waals surface area contributed by atoms with Gasteiger partial charge in [0.1, 0.15) is 9.92 Å². The van der Waals surface area contributed by atoms with Crippen molar-refractivity contribution in [2.24, 2.45) is 5.14 Å². The van der Waals surface area contributed by atoms with Crippen molar-refractivity contribution in [2.45, 2.75) is 35.9 Å². The van der Waals surface area contributed by atoms with Crippen molar-refractivity contribution >= 4 is 39.1 Å². The fraction of sp³-hybridized carbons (Fsp3) is 0.474. The van der Waals surface area contributed by atoms with Gasteiger partial charge in [-0.15, -0.1) is 0 Å². The summed E-state index contributed by atoms with van der Waals surface area (Å²) in [6, 6.07) is 6.32. The van der Waals surface area contributed by atoms with Gasteiger partial charge in [0.05, 0.1) is 30.2 Å². The Morgan fingerprint density at radius 1 is 1.40 bits per heavy atom. The summed E-state index contributed by atoms with van der Waals surface area (Å²) in [4.78, 5) is 10.8. The van der Waals surface area contributed by atoms with Crippen LogP contribution in [0.3, 0.4) is 0 Å². The molecule has 0 radical (unpaired) electrons. The minimum absolute atomic E-state index is 0.0370. The van der Waals surface area contributed by atoms with Crippen LogP contribution in [0.2, 0.25) is 5.02 Å². The Kier molecular flexibility index (Phi) is 5.86. The topological polar surface area (TPSA) is 120 Å². The molecule has 1 aromatic heterocycles. The van der Waals surface area contributed by atoms with Crippen molar-refractivity contribution in [1.82, 2.24) is 9.97 Å². The van der Waals surface area contributed by atoms with Crippen LogP contribution < -0.4 is 15.4 Å². The third kappa shape index (κ3) is 4.37. The van der Waals surface area contributed by atoms with Crippen LogP contribution in [0.15, 0.2) is 35.4 Å². The molecule has 2 fully saturated rings. The van der Waals surface area contributed by atoms with Crippen LogP contribution in [0, 0.1) is 0 Å². The first kappa shape index (κ1) is 21.3. The van der Waals surface area contributed by atoms with Gasteiger partial charge >= 0.3 is 0 Å². The van der Waals surface area contributed by atoms with E-state index in [0.717, 1.165) is 19.3 Å². The second-order valence-electron chi connectivity index (χ2n) is 7.64. The van der Waals surface area contributed by atoms with Crippen LogP contribution in [0.5, 0.6) is 0 Å². The molecule has 1 atom stereocenters. The van der Waals surface area contributed by atoms with Crippen LogP contribution >= 0.6 is 11.6 Å². The summed E-state index contributed by atoms with van der Waals surface area (Å²) in [6.45, 7) is 1.74. The maximum atomic E-state index is 11.9. The molecule has 11 heteroatoms. The number of nitrogens with two attached hydrogens (primary N) is 1. The summed E-state index contributed by atoms with van der Waals surface area (Å²) < 4.78 is 35.3. The van der Waals surface area contributed by atoms with E-state index >= 15 is 0 Å². The van der Waals surface area contributed by atoms with E-state index in [9.17, 15) is 8.42 Å². The van der Waals surface area contributed by atoms with Crippen molar-refractivity contribution in [3.63, 3.8) is 0 Å². The molecule has 4 rings (SSSR count). The SMILES string of the molecule is COC[C@H]1CN(c2nc(Nc3ccccc3S(N)(=O)=O)ncc2Cl)CC2(CCC2)O1. The van der Waals surface area contributed by atoms with Crippen LogP contribution in [-0.2, 0) is 19.5 Å². The van der Waals surface area contributed by atoms with Gasteiger partial charge in [-0.25, -0.2) is 18.5 Å². The second kappa shape index (κ2) is 8.27. The fourth-order valence-corrected chi connectivity index (χ4v) is 4.85. The minimum Gasteiger partial charge on any atom is -0.382 e. The highest BCUT2D eigenvalue weighted by molar-refractivity contribution is 7.89. The lowest BCUT2D eigenvalue weighted by molar-refractivity contribution is -0.162. The zero-order chi connectivity index (χ0) is 21.4. The second-order valence-corrected chi connectivity index (χ2v) is 9.58. The van der Waals surface area contributed by atoms with Gasteiger partial charge in [-0.1, -0.05) is 23.7 Å². The van der Waals surface area contributed by atoms with Gasteiger partial charge in [-0.2, -0.15) is 4.98 Å². The normalized spacial score (nSPS) is 20.8. The summed E-state index contributed by atoms with van der Waals surface area (Å²) in [5, 5.41) is 8.67. The number of anilines is 3. The molecule has 1 aromatic carbocycles. The Hall–Kier alpha value is -1.98. The summed E-state index contributed by atoms with van der Waals surface area (Å²) in [5.74, 6) is 0.792. The number of benzene rings is 1. The number of ether oxygens (including phenoxy) is 2. The maximum absolute atomic E-state index is 11.9. The Morgan fingerprint density at radius 2 is 2.17 bits per heavy atom. The standard InChI is InChI=1S/C19H24ClN5O4S/c1-28-11-13-10-25(12-19(29-13)7-4-8-19)17-14(20)9-22-18(24-17)23-15-5-2-3-6-16(15)30(21,26)27/h2-3,5-6,9,13H,4,7-8,10-12H2,1H3,(H2,21,26,27)(H,22,23,24)/t13-/m1/s1. The molecule has 0 unspecified atom stereocenters. The van der Waals surface area contributed by atoms with Crippen molar-refractivity contribution in [3.8, 4) is 0 Å². The lowest BCUT2D eigenvalue weighted by Gasteiger charge is -2.51. The highest BCUT2D eigenvalue weighted by Crippen LogP contribution is 2.41. The Balaban J connectivity index is 1.63. The van der Waals surface area contributed by atoms with E-state index in [2.05, 4.69) is 20.2 Å². The number of morpholine rings is 1. The van der Waals surface area contributed by atoms with Gasteiger partial charge in [0, 0.05) is 20.2 Å². The average Bonchev–Trinajstić information content (AvgIpc) is 2.68. The number of sulfonamides is 1. The molecule has 1 saturated carbocycles. The van der Waals surface area contributed by atoms with E-state index in [1.807, 2.05) is 0 Å². The molecule has 9 nitrogen and oxygen atoms in total. The highest BCUT2D eigenvalue weighted by atomic mass is 35.5. The maximum Gasteiger partial charge on any atom is 0.240 e. The van der Waals surface area contributed by atoms with Gasteiger partial charge in [0.2, 0.25) is 16.0 Å². The number of nitrogens with zero attached hydrogens (tertiary/aromatic N) is 3. The summed E-state index contributed by atoms with van der Waals surface area (Å²) >= 11 is 6.43. The molecular weight excluding hydrogens is 430 g/mol. The smallest absolute Gasteiger partial charge is 0.240 e. The lowest BCUT2D eigenvalue weighted by atomic mass is 9.78. The molecule has 2 aromatic rings. The van der Waals surface area contributed by atoms with E-state index in [1.165, 1.54) is 12.3 Å². The number of nitrogens with one attached hydrogen (secondary N) is 1. The number of halogens is 1.